The van der Waals surface area contributed by atoms with Crippen LogP contribution in [-0.4, -0.2) is 16.3 Å². The Labute approximate surface area is 162 Å². The van der Waals surface area contributed by atoms with Crippen molar-refractivity contribution in [3.8, 4) is 0 Å². The number of fused-ring (bicyclic) bond motifs is 5. The summed E-state index contributed by atoms with van der Waals surface area (Å²) in [7, 11) is 0. The summed E-state index contributed by atoms with van der Waals surface area (Å²) in [5.74, 6) is 1.07. The summed E-state index contributed by atoms with van der Waals surface area (Å²) < 4.78 is 7.73. The van der Waals surface area contributed by atoms with Gasteiger partial charge in [-0.05, 0) is 69.9 Å². The van der Waals surface area contributed by atoms with Crippen molar-refractivity contribution in [1.29, 1.82) is 0 Å². The van der Waals surface area contributed by atoms with E-state index < -0.39 is 5.60 Å². The Bertz CT molecular complexity index is 901. The van der Waals surface area contributed by atoms with Crippen LogP contribution in [0.15, 0.2) is 36.9 Å². The number of carbonyl (C=O) groups is 1. The maximum absolute atomic E-state index is 13.3. The molecular formula is C24H31NO2. The zero-order valence-electron chi connectivity index (χ0n) is 17.0. The third-order valence-electron chi connectivity index (χ3n) is 6.67. The first-order chi connectivity index (χ1) is 12.8. The van der Waals surface area contributed by atoms with Crippen LogP contribution < -0.4 is 0 Å². The molecule has 0 bridgehead atoms. The van der Waals surface area contributed by atoms with Gasteiger partial charge in [0.05, 0.1) is 5.52 Å². The van der Waals surface area contributed by atoms with Crippen molar-refractivity contribution >= 4 is 17.0 Å². The fraction of sp³-hybridized carbons (Fsp3) is 0.542. The number of hydrogen-bond acceptors (Lipinski definition) is 2. The molecule has 2 aliphatic rings. The fourth-order valence-electron chi connectivity index (χ4n) is 5.63. The van der Waals surface area contributed by atoms with Gasteiger partial charge in [-0.15, -0.1) is 6.58 Å². The van der Waals surface area contributed by atoms with E-state index in [9.17, 15) is 4.79 Å². The average molecular weight is 366 g/mol. The van der Waals surface area contributed by atoms with Crippen LogP contribution >= 0.6 is 0 Å². The number of benzene rings is 1. The fourth-order valence-corrected chi connectivity index (χ4v) is 5.63. The van der Waals surface area contributed by atoms with Crippen LogP contribution in [0, 0.1) is 11.8 Å². The summed E-state index contributed by atoms with van der Waals surface area (Å²) in [5, 5.41) is 1.21. The second-order valence-corrected chi connectivity index (χ2v) is 9.51. The van der Waals surface area contributed by atoms with E-state index in [0.717, 1.165) is 18.4 Å². The van der Waals surface area contributed by atoms with Gasteiger partial charge in [-0.25, -0.2) is 9.36 Å². The van der Waals surface area contributed by atoms with E-state index in [-0.39, 0.29) is 11.5 Å². The monoisotopic (exact) mass is 365 g/mol. The highest BCUT2D eigenvalue weighted by molar-refractivity contribution is 5.94. The molecule has 0 saturated heterocycles. The number of allylic oxidation sites excluding steroid dienone is 1. The van der Waals surface area contributed by atoms with Crippen LogP contribution in [0.3, 0.4) is 0 Å². The Morgan fingerprint density at radius 3 is 2.74 bits per heavy atom. The molecule has 0 N–H and O–H groups in total. The lowest BCUT2D eigenvalue weighted by Gasteiger charge is -2.49. The molecule has 0 amide bonds. The number of ether oxygens (including phenoxy) is 1. The van der Waals surface area contributed by atoms with Crippen LogP contribution in [0.2, 0.25) is 0 Å². The van der Waals surface area contributed by atoms with Gasteiger partial charge >= 0.3 is 6.09 Å². The Hall–Kier alpha value is -2.03. The number of aromatic nitrogens is 1. The molecule has 1 saturated carbocycles. The molecule has 27 heavy (non-hydrogen) atoms. The number of aryl methyl sites for hydroxylation is 1. The first-order valence-electron chi connectivity index (χ1n) is 10.2. The quantitative estimate of drug-likeness (QED) is 0.561. The van der Waals surface area contributed by atoms with E-state index in [1.165, 1.54) is 35.9 Å². The second kappa shape index (κ2) is 6.25. The minimum Gasteiger partial charge on any atom is -0.443 e. The Kier molecular flexibility index (Phi) is 4.25. The first-order valence-corrected chi connectivity index (χ1v) is 10.2. The van der Waals surface area contributed by atoms with Gasteiger partial charge in [0.15, 0.2) is 0 Å². The van der Waals surface area contributed by atoms with Gasteiger partial charge in [-0.2, -0.15) is 0 Å². The van der Waals surface area contributed by atoms with Crippen LogP contribution in [0.4, 0.5) is 4.79 Å². The molecule has 0 aliphatic heterocycles. The molecule has 1 aromatic carbocycles. The highest BCUT2D eigenvalue weighted by Crippen LogP contribution is 2.54. The van der Waals surface area contributed by atoms with Gasteiger partial charge in [-0.3, -0.25) is 0 Å². The summed E-state index contributed by atoms with van der Waals surface area (Å²) in [6, 6.07) is 8.31. The number of rotatable bonds is 1. The van der Waals surface area contributed by atoms with E-state index in [0.29, 0.717) is 11.8 Å². The zero-order valence-corrected chi connectivity index (χ0v) is 17.0. The minimum absolute atomic E-state index is 0.0133. The van der Waals surface area contributed by atoms with Gasteiger partial charge in [0.2, 0.25) is 0 Å². The van der Waals surface area contributed by atoms with Crippen molar-refractivity contribution in [2.24, 2.45) is 11.8 Å². The predicted octanol–water partition coefficient (Wildman–Crippen LogP) is 6.23. The Balaban J connectivity index is 1.96. The first kappa shape index (κ1) is 18.3. The van der Waals surface area contributed by atoms with E-state index in [1.54, 1.807) is 0 Å². The lowest BCUT2D eigenvalue weighted by molar-refractivity contribution is 0.0510. The van der Waals surface area contributed by atoms with E-state index in [4.69, 9.17) is 4.74 Å². The summed E-state index contributed by atoms with van der Waals surface area (Å²) >= 11 is 0. The molecule has 3 atom stereocenters. The van der Waals surface area contributed by atoms with Crippen molar-refractivity contribution < 1.29 is 9.53 Å². The SMILES string of the molecule is C=C[C@@H]1CCC[C@]2(C)c3c(c4ccccc4n3C(=O)OC(C)(C)C)CC[C@@H]12. The van der Waals surface area contributed by atoms with Gasteiger partial charge < -0.3 is 4.74 Å². The van der Waals surface area contributed by atoms with Crippen molar-refractivity contribution in [2.45, 2.75) is 70.8 Å². The molecule has 0 radical (unpaired) electrons. The minimum atomic E-state index is -0.513. The number of carbonyl (C=O) groups excluding carboxylic acids is 1. The number of hydrogen-bond donors (Lipinski definition) is 0. The lowest BCUT2D eigenvalue weighted by atomic mass is 9.56. The highest BCUT2D eigenvalue weighted by Gasteiger charge is 2.49. The summed E-state index contributed by atoms with van der Waals surface area (Å²) in [4.78, 5) is 13.3. The predicted molar refractivity (Wildman–Crippen MR) is 110 cm³/mol. The smallest absolute Gasteiger partial charge is 0.419 e. The number of para-hydroxylation sites is 1. The standard InChI is InChI=1S/C24H31NO2/c1-6-16-10-9-15-24(5)19(16)14-13-18-17-11-7-8-12-20(17)25(21(18)24)22(26)27-23(2,3)4/h6-8,11-12,16,19H,1,9-10,13-15H2,2-5H3/t16-,19+,24+/m1/s1. The van der Waals surface area contributed by atoms with Crippen LogP contribution in [0.25, 0.3) is 10.9 Å². The average Bonchev–Trinajstić information content (AvgIpc) is 2.95. The van der Waals surface area contributed by atoms with Crippen molar-refractivity contribution in [1.82, 2.24) is 4.57 Å². The van der Waals surface area contributed by atoms with Crippen molar-refractivity contribution in [3.63, 3.8) is 0 Å². The molecule has 3 nitrogen and oxygen atoms in total. The van der Waals surface area contributed by atoms with Gasteiger partial charge in [0.25, 0.3) is 0 Å². The summed E-state index contributed by atoms with van der Waals surface area (Å²) in [5.41, 5.74) is 3.00. The molecular weight excluding hydrogens is 334 g/mol. The molecule has 0 spiro atoms. The number of nitrogens with zero attached hydrogens (tertiary/aromatic N) is 1. The zero-order chi connectivity index (χ0) is 19.4. The molecule has 3 heteroatoms. The summed E-state index contributed by atoms with van der Waals surface area (Å²) in [6.45, 7) is 12.3. The molecule has 1 fully saturated rings. The van der Waals surface area contributed by atoms with E-state index in [2.05, 4.69) is 37.8 Å². The van der Waals surface area contributed by atoms with Gasteiger partial charge in [0, 0.05) is 16.5 Å². The Morgan fingerprint density at radius 1 is 1.30 bits per heavy atom. The lowest BCUT2D eigenvalue weighted by Crippen LogP contribution is -2.45. The molecule has 1 heterocycles. The van der Waals surface area contributed by atoms with Crippen LogP contribution in [0.5, 0.6) is 0 Å². The van der Waals surface area contributed by atoms with Gasteiger partial charge in [-0.1, -0.05) is 37.6 Å². The maximum atomic E-state index is 13.3. The second-order valence-electron chi connectivity index (χ2n) is 9.51. The van der Waals surface area contributed by atoms with Gasteiger partial charge in [0.1, 0.15) is 5.60 Å². The van der Waals surface area contributed by atoms with E-state index in [1.807, 2.05) is 31.4 Å². The third kappa shape index (κ3) is 2.83. The topological polar surface area (TPSA) is 31.2 Å². The third-order valence-corrected chi connectivity index (χ3v) is 6.67. The molecule has 0 unspecified atom stereocenters. The van der Waals surface area contributed by atoms with Crippen molar-refractivity contribution in [3.05, 3.63) is 48.2 Å². The molecule has 2 aliphatic carbocycles. The highest BCUT2D eigenvalue weighted by atomic mass is 16.6. The van der Waals surface area contributed by atoms with Crippen LogP contribution in [-0.2, 0) is 16.6 Å². The molecule has 4 rings (SSSR count). The molecule has 144 valence electrons. The maximum Gasteiger partial charge on any atom is 0.419 e. The summed E-state index contributed by atoms with van der Waals surface area (Å²) in [6.07, 6.45) is 7.60. The van der Waals surface area contributed by atoms with Crippen molar-refractivity contribution in [2.75, 3.05) is 0 Å². The normalized spacial score (nSPS) is 27.7. The largest absolute Gasteiger partial charge is 0.443 e. The molecule has 1 aromatic heterocycles. The van der Waals surface area contributed by atoms with E-state index >= 15 is 0 Å². The van der Waals surface area contributed by atoms with Crippen LogP contribution in [0.1, 0.15) is 64.6 Å². The Morgan fingerprint density at radius 2 is 2.04 bits per heavy atom. The molecule has 2 aromatic rings.